The van der Waals surface area contributed by atoms with Crippen LogP contribution in [0.25, 0.3) is 11.3 Å². The van der Waals surface area contributed by atoms with E-state index >= 15 is 0 Å². The molecule has 0 fully saturated rings. The second-order valence-corrected chi connectivity index (χ2v) is 4.41. The molecular weight excluding hydrogens is 272 g/mol. The Balaban J connectivity index is 1.91. The number of hydrogen-bond donors (Lipinski definition) is 1. The number of halogens is 2. The minimum Gasteiger partial charge on any atom is -0.340 e. The second kappa shape index (κ2) is 5.66. The van der Waals surface area contributed by atoms with Crippen LogP contribution in [0.3, 0.4) is 0 Å². The van der Waals surface area contributed by atoms with Gasteiger partial charge in [0.1, 0.15) is 12.1 Å². The quantitative estimate of drug-likeness (QED) is 0.784. The molecule has 0 bridgehead atoms. The summed E-state index contributed by atoms with van der Waals surface area (Å²) in [7, 11) is 0. The minimum atomic E-state index is -0.899. The Morgan fingerprint density at radius 3 is 2.38 bits per heavy atom. The summed E-state index contributed by atoms with van der Waals surface area (Å²) < 4.78 is 26.2. The van der Waals surface area contributed by atoms with Gasteiger partial charge in [0.15, 0.2) is 11.6 Å². The highest BCUT2D eigenvalue weighted by Crippen LogP contribution is 2.22. The van der Waals surface area contributed by atoms with Crippen LogP contribution in [-0.4, -0.2) is 9.97 Å². The molecule has 3 aromatic rings. The first-order valence-corrected chi connectivity index (χ1v) is 6.32. The maximum Gasteiger partial charge on any atom is 0.159 e. The predicted molar refractivity (Wildman–Crippen MR) is 77.1 cm³/mol. The number of aromatic nitrogens is 2. The molecule has 1 N–H and O–H groups in total. The molecule has 0 saturated carbocycles. The van der Waals surface area contributed by atoms with E-state index in [-0.39, 0.29) is 0 Å². The maximum absolute atomic E-state index is 13.3. The van der Waals surface area contributed by atoms with E-state index in [0.29, 0.717) is 17.1 Å². The van der Waals surface area contributed by atoms with Crippen LogP contribution in [0.15, 0.2) is 60.9 Å². The summed E-state index contributed by atoms with van der Waals surface area (Å²) in [5, 5.41) is 3.12. The number of nitrogens with zero attached hydrogens (tertiary/aromatic N) is 2. The fourth-order valence-corrected chi connectivity index (χ4v) is 1.91. The highest BCUT2D eigenvalue weighted by Gasteiger charge is 2.07. The lowest BCUT2D eigenvalue weighted by atomic mass is 10.1. The Hall–Kier alpha value is -2.82. The number of nitrogens with one attached hydrogen (secondary N) is 1. The molecule has 0 radical (unpaired) electrons. The van der Waals surface area contributed by atoms with E-state index in [1.807, 2.05) is 30.3 Å². The van der Waals surface area contributed by atoms with E-state index in [1.165, 1.54) is 12.4 Å². The molecule has 0 aliphatic rings. The first-order chi connectivity index (χ1) is 10.2. The fourth-order valence-electron chi connectivity index (χ4n) is 1.91. The van der Waals surface area contributed by atoms with E-state index < -0.39 is 11.6 Å². The highest BCUT2D eigenvalue weighted by molar-refractivity contribution is 5.65. The average molecular weight is 283 g/mol. The third-order valence-corrected chi connectivity index (χ3v) is 2.93. The molecule has 0 saturated heterocycles. The molecule has 0 atom stereocenters. The zero-order valence-corrected chi connectivity index (χ0v) is 10.9. The van der Waals surface area contributed by atoms with Crippen LogP contribution < -0.4 is 5.32 Å². The van der Waals surface area contributed by atoms with Crippen LogP contribution in [0, 0.1) is 11.6 Å². The van der Waals surface area contributed by atoms with Crippen LogP contribution in [0.2, 0.25) is 0 Å². The highest BCUT2D eigenvalue weighted by atomic mass is 19.2. The number of benzene rings is 2. The lowest BCUT2D eigenvalue weighted by Crippen LogP contribution is -1.95. The Labute approximate surface area is 120 Å². The largest absolute Gasteiger partial charge is 0.340 e. The van der Waals surface area contributed by atoms with Crippen molar-refractivity contribution in [3.8, 4) is 11.3 Å². The zero-order valence-electron chi connectivity index (χ0n) is 10.9. The number of hydrogen-bond acceptors (Lipinski definition) is 3. The summed E-state index contributed by atoms with van der Waals surface area (Å²) in [4.78, 5) is 8.19. The third kappa shape index (κ3) is 3.02. The van der Waals surface area contributed by atoms with Gasteiger partial charge in [-0.25, -0.2) is 18.7 Å². The molecule has 0 amide bonds. The summed E-state index contributed by atoms with van der Waals surface area (Å²) in [6.07, 6.45) is 1.38. The molecular formula is C16H11F2N3. The van der Waals surface area contributed by atoms with E-state index in [1.54, 1.807) is 6.07 Å². The number of rotatable bonds is 3. The molecule has 3 nitrogen and oxygen atoms in total. The molecule has 104 valence electrons. The van der Waals surface area contributed by atoms with Crippen LogP contribution in [0.1, 0.15) is 0 Å². The van der Waals surface area contributed by atoms with Crippen molar-refractivity contribution in [1.82, 2.24) is 9.97 Å². The van der Waals surface area contributed by atoms with Gasteiger partial charge in [0.25, 0.3) is 0 Å². The molecule has 1 aromatic heterocycles. The smallest absolute Gasteiger partial charge is 0.159 e. The van der Waals surface area contributed by atoms with Crippen LogP contribution in [-0.2, 0) is 0 Å². The van der Waals surface area contributed by atoms with E-state index in [4.69, 9.17) is 0 Å². The van der Waals surface area contributed by atoms with Gasteiger partial charge in [-0.15, -0.1) is 0 Å². The fraction of sp³-hybridized carbons (Fsp3) is 0. The van der Waals surface area contributed by atoms with Crippen LogP contribution in [0.4, 0.5) is 20.3 Å². The first-order valence-electron chi connectivity index (χ1n) is 6.32. The van der Waals surface area contributed by atoms with Crippen molar-refractivity contribution >= 4 is 11.5 Å². The lowest BCUT2D eigenvalue weighted by molar-refractivity contribution is 0.509. The van der Waals surface area contributed by atoms with Gasteiger partial charge in [-0.05, 0) is 30.3 Å². The van der Waals surface area contributed by atoms with Gasteiger partial charge >= 0.3 is 0 Å². The normalized spacial score (nSPS) is 10.4. The summed E-state index contributed by atoms with van der Waals surface area (Å²) in [5.41, 5.74) is 1.89. The van der Waals surface area contributed by atoms with E-state index in [2.05, 4.69) is 15.3 Å². The molecule has 5 heteroatoms. The van der Waals surface area contributed by atoms with Gasteiger partial charge in [0.2, 0.25) is 0 Å². The van der Waals surface area contributed by atoms with Crippen molar-refractivity contribution in [1.29, 1.82) is 0 Å². The average Bonchev–Trinajstić information content (AvgIpc) is 2.51. The number of para-hydroxylation sites is 1. The third-order valence-electron chi connectivity index (χ3n) is 2.93. The predicted octanol–water partition coefficient (Wildman–Crippen LogP) is 4.17. The van der Waals surface area contributed by atoms with Crippen LogP contribution in [0.5, 0.6) is 0 Å². The SMILES string of the molecule is Fc1ccc(-c2cc(Nc3ccccc3)ncn2)cc1F. The Kier molecular flexibility index (Phi) is 3.55. The van der Waals surface area contributed by atoms with Crippen LogP contribution >= 0.6 is 0 Å². The summed E-state index contributed by atoms with van der Waals surface area (Å²) in [6, 6.07) is 14.9. The summed E-state index contributed by atoms with van der Waals surface area (Å²) >= 11 is 0. The Morgan fingerprint density at radius 2 is 1.62 bits per heavy atom. The second-order valence-electron chi connectivity index (χ2n) is 4.41. The number of anilines is 2. The molecule has 0 aliphatic carbocycles. The Bertz CT molecular complexity index is 760. The van der Waals surface area contributed by atoms with Crippen molar-refractivity contribution < 1.29 is 8.78 Å². The van der Waals surface area contributed by atoms with Crippen molar-refractivity contribution in [2.24, 2.45) is 0 Å². The van der Waals surface area contributed by atoms with Crippen molar-refractivity contribution in [3.63, 3.8) is 0 Å². The van der Waals surface area contributed by atoms with E-state index in [9.17, 15) is 8.78 Å². The first kappa shape index (κ1) is 13.2. The lowest BCUT2D eigenvalue weighted by Gasteiger charge is -2.07. The van der Waals surface area contributed by atoms with E-state index in [0.717, 1.165) is 17.8 Å². The monoisotopic (exact) mass is 283 g/mol. The minimum absolute atomic E-state index is 0.493. The van der Waals surface area contributed by atoms with Gasteiger partial charge in [-0.1, -0.05) is 18.2 Å². The molecule has 2 aromatic carbocycles. The molecule has 0 aliphatic heterocycles. The van der Waals surface area contributed by atoms with Gasteiger partial charge < -0.3 is 5.32 Å². The standard InChI is InChI=1S/C16H11F2N3/c17-13-7-6-11(8-14(13)18)15-9-16(20-10-19-15)21-12-4-2-1-3-5-12/h1-10H,(H,19,20,21). The maximum atomic E-state index is 13.3. The van der Waals surface area contributed by atoms with Gasteiger partial charge in [0.05, 0.1) is 5.69 Å². The van der Waals surface area contributed by atoms with Crippen molar-refractivity contribution in [2.75, 3.05) is 5.32 Å². The van der Waals surface area contributed by atoms with Gasteiger partial charge in [-0.3, -0.25) is 0 Å². The summed E-state index contributed by atoms with van der Waals surface area (Å²) in [5.74, 6) is -1.20. The molecule has 3 rings (SSSR count). The van der Waals surface area contributed by atoms with Gasteiger partial charge in [-0.2, -0.15) is 0 Å². The molecule has 0 spiro atoms. The summed E-state index contributed by atoms with van der Waals surface area (Å²) in [6.45, 7) is 0. The zero-order chi connectivity index (χ0) is 14.7. The molecule has 0 unspecified atom stereocenters. The molecule has 1 heterocycles. The van der Waals surface area contributed by atoms with Gasteiger partial charge in [0, 0.05) is 17.3 Å². The molecule has 21 heavy (non-hydrogen) atoms. The van der Waals surface area contributed by atoms with Crippen molar-refractivity contribution in [2.45, 2.75) is 0 Å². The Morgan fingerprint density at radius 1 is 0.810 bits per heavy atom. The van der Waals surface area contributed by atoms with Crippen molar-refractivity contribution in [3.05, 3.63) is 72.6 Å². The topological polar surface area (TPSA) is 37.8 Å².